The maximum absolute atomic E-state index is 12.2. The maximum atomic E-state index is 12.2. The Balaban J connectivity index is 1.42. The summed E-state index contributed by atoms with van der Waals surface area (Å²) in [5.41, 5.74) is 2.18. The Morgan fingerprint density at radius 1 is 0.909 bits per heavy atom. The topological polar surface area (TPSA) is 85.4 Å². The van der Waals surface area contributed by atoms with Crippen molar-refractivity contribution in [3.8, 4) is 17.4 Å². The van der Waals surface area contributed by atoms with E-state index in [2.05, 4.69) is 10.2 Å². The van der Waals surface area contributed by atoms with E-state index in [0.29, 0.717) is 25.3 Å². The van der Waals surface area contributed by atoms with Crippen molar-refractivity contribution in [1.82, 2.24) is 4.57 Å². The molecule has 1 amide bonds. The van der Waals surface area contributed by atoms with Crippen LogP contribution < -0.4 is 9.47 Å². The number of aromatic nitrogens is 1. The Morgan fingerprint density at radius 3 is 2.39 bits per heavy atom. The van der Waals surface area contributed by atoms with Gasteiger partial charge in [-0.2, -0.15) is 0 Å². The van der Waals surface area contributed by atoms with Crippen LogP contribution >= 0.6 is 0 Å². The Hall–Kier alpha value is -4.13. The average Bonchev–Trinajstić information content (AvgIpc) is 3.11. The zero-order chi connectivity index (χ0) is 23.0. The first-order valence-electron chi connectivity index (χ1n) is 10.7. The molecule has 0 bridgehead atoms. The minimum atomic E-state index is -0.539. The second-order valence-electron chi connectivity index (χ2n) is 7.55. The number of aryl methyl sites for hydroxylation is 2. The van der Waals surface area contributed by atoms with Crippen LogP contribution in [0.5, 0.6) is 17.4 Å². The molecule has 168 valence electrons. The molecule has 0 aliphatic rings. The maximum Gasteiger partial charge on any atom is 0.302 e. The van der Waals surface area contributed by atoms with E-state index < -0.39 is 5.91 Å². The number of fused-ring (bicyclic) bond motifs is 1. The number of azo groups is 1. The molecule has 4 rings (SSSR count). The summed E-state index contributed by atoms with van der Waals surface area (Å²) in [6, 6.07) is 24.5. The number of para-hydroxylation sites is 2. The molecule has 0 saturated carbocycles. The number of carbonyl (C=O) groups is 1. The van der Waals surface area contributed by atoms with Crippen molar-refractivity contribution in [2.75, 3.05) is 13.2 Å². The van der Waals surface area contributed by atoms with Crippen molar-refractivity contribution in [3.63, 3.8) is 0 Å². The zero-order valence-corrected chi connectivity index (χ0v) is 18.3. The van der Waals surface area contributed by atoms with Gasteiger partial charge in [-0.25, -0.2) is 0 Å². The molecule has 0 aliphatic heterocycles. The van der Waals surface area contributed by atoms with Crippen molar-refractivity contribution >= 4 is 22.5 Å². The Morgan fingerprint density at radius 2 is 1.61 bits per heavy atom. The van der Waals surface area contributed by atoms with Gasteiger partial charge in [-0.3, -0.25) is 4.79 Å². The van der Waals surface area contributed by atoms with Gasteiger partial charge in [-0.05, 0) is 43.7 Å². The highest BCUT2D eigenvalue weighted by molar-refractivity contribution is 5.95. The summed E-state index contributed by atoms with van der Waals surface area (Å²) in [5.74, 6) is 0.816. The molecule has 0 unspecified atom stereocenters. The van der Waals surface area contributed by atoms with Crippen molar-refractivity contribution < 1.29 is 19.4 Å². The number of carbonyl (C=O) groups excluding carboxylic acids is 1. The average molecular weight is 444 g/mol. The number of hydrogen-bond acceptors (Lipinski definition) is 5. The number of rotatable bonds is 9. The molecule has 7 heteroatoms. The molecule has 33 heavy (non-hydrogen) atoms. The molecule has 4 aromatic rings. The SMILES string of the molecule is Cc1ccc(OCC(=O)N=Nc2c(O)n(CCCOc3ccccc3)c3ccccc23)cc1. The first-order chi connectivity index (χ1) is 16.1. The molecule has 0 fully saturated rings. The molecule has 7 nitrogen and oxygen atoms in total. The van der Waals surface area contributed by atoms with Crippen LogP contribution in [0, 0.1) is 6.92 Å². The molecule has 0 atom stereocenters. The quantitative estimate of drug-likeness (QED) is 0.261. The van der Waals surface area contributed by atoms with Gasteiger partial charge in [0.25, 0.3) is 0 Å². The van der Waals surface area contributed by atoms with Crippen LogP contribution in [0.25, 0.3) is 10.9 Å². The lowest BCUT2D eigenvalue weighted by Gasteiger charge is -2.08. The van der Waals surface area contributed by atoms with Crippen LogP contribution in [0.4, 0.5) is 5.69 Å². The van der Waals surface area contributed by atoms with Gasteiger partial charge in [-0.15, -0.1) is 10.2 Å². The number of amides is 1. The number of aromatic hydroxyl groups is 1. The van der Waals surface area contributed by atoms with E-state index in [4.69, 9.17) is 9.47 Å². The van der Waals surface area contributed by atoms with Gasteiger partial charge in [0.15, 0.2) is 12.3 Å². The van der Waals surface area contributed by atoms with Crippen LogP contribution in [-0.2, 0) is 11.3 Å². The van der Waals surface area contributed by atoms with Crippen molar-refractivity contribution in [2.45, 2.75) is 19.9 Å². The predicted molar refractivity (Wildman–Crippen MR) is 126 cm³/mol. The smallest absolute Gasteiger partial charge is 0.302 e. The lowest BCUT2D eigenvalue weighted by atomic mass is 10.2. The number of benzene rings is 3. The fourth-order valence-corrected chi connectivity index (χ4v) is 3.44. The highest BCUT2D eigenvalue weighted by Crippen LogP contribution is 2.38. The Labute approximate surface area is 191 Å². The molecule has 0 spiro atoms. The molecule has 3 aromatic carbocycles. The molecular weight excluding hydrogens is 418 g/mol. The van der Waals surface area contributed by atoms with Gasteiger partial charge >= 0.3 is 5.91 Å². The largest absolute Gasteiger partial charge is 0.494 e. The molecule has 1 N–H and O–H groups in total. The first-order valence-corrected chi connectivity index (χ1v) is 10.7. The number of hydrogen-bond donors (Lipinski definition) is 1. The zero-order valence-electron chi connectivity index (χ0n) is 18.3. The van der Waals surface area contributed by atoms with Gasteiger partial charge in [0.2, 0.25) is 5.88 Å². The molecule has 0 aliphatic carbocycles. The lowest BCUT2D eigenvalue weighted by molar-refractivity contribution is -0.120. The van der Waals surface area contributed by atoms with Crippen molar-refractivity contribution in [1.29, 1.82) is 0 Å². The van der Waals surface area contributed by atoms with Crippen LogP contribution in [0.15, 0.2) is 89.1 Å². The Kier molecular flexibility index (Phi) is 6.99. The second kappa shape index (κ2) is 10.5. The normalized spacial score (nSPS) is 11.2. The van der Waals surface area contributed by atoms with E-state index in [1.807, 2.05) is 73.7 Å². The van der Waals surface area contributed by atoms with E-state index in [1.165, 1.54) is 0 Å². The predicted octanol–water partition coefficient (Wildman–Crippen LogP) is 5.81. The summed E-state index contributed by atoms with van der Waals surface area (Å²) >= 11 is 0. The monoisotopic (exact) mass is 443 g/mol. The summed E-state index contributed by atoms with van der Waals surface area (Å²) < 4.78 is 12.9. The van der Waals surface area contributed by atoms with E-state index in [-0.39, 0.29) is 18.2 Å². The second-order valence-corrected chi connectivity index (χ2v) is 7.55. The highest BCUT2D eigenvalue weighted by atomic mass is 16.5. The van der Waals surface area contributed by atoms with Crippen LogP contribution in [0.2, 0.25) is 0 Å². The summed E-state index contributed by atoms with van der Waals surface area (Å²) in [4.78, 5) is 12.2. The van der Waals surface area contributed by atoms with Gasteiger partial charge < -0.3 is 19.1 Å². The minimum absolute atomic E-state index is 0.0353. The van der Waals surface area contributed by atoms with Gasteiger partial charge in [-0.1, -0.05) is 54.1 Å². The van der Waals surface area contributed by atoms with Crippen molar-refractivity contribution in [3.05, 3.63) is 84.4 Å². The standard InChI is InChI=1S/C26H25N3O4/c1-19-12-14-21(15-13-19)33-18-24(30)27-28-25-22-10-5-6-11-23(22)29(26(25)31)16-7-17-32-20-8-3-2-4-9-20/h2-6,8-15,31H,7,16-18H2,1H3. The number of nitrogens with zero attached hydrogens (tertiary/aromatic N) is 3. The molecule has 0 saturated heterocycles. The number of ether oxygens (including phenoxy) is 2. The highest BCUT2D eigenvalue weighted by Gasteiger charge is 2.16. The van der Waals surface area contributed by atoms with Crippen LogP contribution in [0.1, 0.15) is 12.0 Å². The van der Waals surface area contributed by atoms with E-state index in [0.717, 1.165) is 22.2 Å². The minimum Gasteiger partial charge on any atom is -0.494 e. The summed E-state index contributed by atoms with van der Waals surface area (Å²) in [5, 5.41) is 19.3. The lowest BCUT2D eigenvalue weighted by Crippen LogP contribution is -2.07. The van der Waals surface area contributed by atoms with Gasteiger partial charge in [0.05, 0.1) is 12.1 Å². The van der Waals surface area contributed by atoms with Gasteiger partial charge in [0.1, 0.15) is 11.5 Å². The van der Waals surface area contributed by atoms with Crippen LogP contribution in [0.3, 0.4) is 0 Å². The molecule has 1 aromatic heterocycles. The molecule has 1 heterocycles. The van der Waals surface area contributed by atoms with Crippen molar-refractivity contribution in [2.24, 2.45) is 10.2 Å². The molecular formula is C26H25N3O4. The van der Waals surface area contributed by atoms with E-state index in [9.17, 15) is 9.90 Å². The third-order valence-electron chi connectivity index (χ3n) is 5.10. The van der Waals surface area contributed by atoms with Crippen LogP contribution in [-0.4, -0.2) is 28.8 Å². The fourth-order valence-electron chi connectivity index (χ4n) is 3.44. The summed E-state index contributed by atoms with van der Waals surface area (Å²) in [6.45, 7) is 2.77. The van der Waals surface area contributed by atoms with Gasteiger partial charge in [0, 0.05) is 11.9 Å². The van der Waals surface area contributed by atoms with E-state index >= 15 is 0 Å². The molecule has 0 radical (unpaired) electrons. The van der Waals surface area contributed by atoms with E-state index in [1.54, 1.807) is 16.7 Å². The third-order valence-corrected chi connectivity index (χ3v) is 5.10. The summed E-state index contributed by atoms with van der Waals surface area (Å²) in [6.07, 6.45) is 0.682. The fraction of sp³-hybridized carbons (Fsp3) is 0.192. The first kappa shape index (κ1) is 22.1. The Bertz CT molecular complexity index is 1250. The third kappa shape index (κ3) is 5.57. The summed E-state index contributed by atoms with van der Waals surface area (Å²) in [7, 11) is 0.